The molecule has 8 nitrogen and oxygen atoms in total. The molecule has 2 heterocycles. The summed E-state index contributed by atoms with van der Waals surface area (Å²) in [5.74, 6) is -2.69. The van der Waals surface area contributed by atoms with Gasteiger partial charge >= 0.3 is 0 Å². The van der Waals surface area contributed by atoms with Crippen molar-refractivity contribution in [2.75, 3.05) is 0 Å². The van der Waals surface area contributed by atoms with E-state index in [1.54, 1.807) is 73.1 Å². The van der Waals surface area contributed by atoms with E-state index in [0.717, 1.165) is 9.75 Å². The SMILES string of the molecule is Oc1c(/N=N/c2ncc(-c3cnc(/N=N/c4cc5ccccc5c(F)c4O)s3)s2)cc2ccccc2c1F. The average molecular weight is 545 g/mol. The molecule has 38 heavy (non-hydrogen) atoms. The predicted octanol–water partition coefficient (Wildman–Crippen LogP) is 9.09. The third-order valence-electron chi connectivity index (χ3n) is 5.60. The number of aromatic hydroxyl groups is 2. The Labute approximate surface area is 220 Å². The minimum Gasteiger partial charge on any atom is -0.503 e. The lowest BCUT2D eigenvalue weighted by molar-refractivity contribution is 0.437. The highest BCUT2D eigenvalue weighted by molar-refractivity contribution is 7.25. The van der Waals surface area contributed by atoms with Crippen LogP contribution in [-0.2, 0) is 0 Å². The molecule has 6 rings (SSSR count). The summed E-state index contributed by atoms with van der Waals surface area (Å²) in [6, 6.07) is 16.6. The number of hydrogen-bond donors (Lipinski definition) is 2. The van der Waals surface area contributed by atoms with Crippen molar-refractivity contribution >= 4 is 65.9 Å². The Morgan fingerprint density at radius 1 is 0.605 bits per heavy atom. The number of nitrogens with zero attached hydrogens (tertiary/aromatic N) is 6. The van der Waals surface area contributed by atoms with Gasteiger partial charge in [-0.25, -0.2) is 18.7 Å². The maximum absolute atomic E-state index is 14.5. The van der Waals surface area contributed by atoms with Gasteiger partial charge in [0.2, 0.25) is 10.3 Å². The fourth-order valence-corrected chi connectivity index (χ4v) is 5.29. The van der Waals surface area contributed by atoms with Crippen LogP contribution in [0.2, 0.25) is 0 Å². The lowest BCUT2D eigenvalue weighted by Gasteiger charge is -2.04. The zero-order chi connectivity index (χ0) is 26.2. The molecule has 0 atom stereocenters. The molecule has 0 fully saturated rings. The molecule has 2 aromatic heterocycles. The average Bonchev–Trinajstić information content (AvgIpc) is 3.61. The number of rotatable bonds is 5. The third kappa shape index (κ3) is 4.35. The van der Waals surface area contributed by atoms with Gasteiger partial charge in [0.05, 0.1) is 9.75 Å². The van der Waals surface area contributed by atoms with E-state index >= 15 is 0 Å². The van der Waals surface area contributed by atoms with Gasteiger partial charge in [0, 0.05) is 23.2 Å². The van der Waals surface area contributed by atoms with Crippen molar-refractivity contribution in [1.82, 2.24) is 9.97 Å². The van der Waals surface area contributed by atoms with Crippen LogP contribution in [0.5, 0.6) is 11.5 Å². The second-order valence-corrected chi connectivity index (χ2v) is 9.99. The summed E-state index contributed by atoms with van der Waals surface area (Å²) in [6.45, 7) is 0. The Kier molecular flexibility index (Phi) is 6.02. The normalized spacial score (nSPS) is 11.9. The summed E-state index contributed by atoms with van der Waals surface area (Å²) in [7, 11) is 0. The minimum absolute atomic E-state index is 0.00758. The van der Waals surface area contributed by atoms with Crippen LogP contribution in [0.4, 0.5) is 30.4 Å². The van der Waals surface area contributed by atoms with Crippen molar-refractivity contribution in [3.63, 3.8) is 0 Å². The molecule has 0 aliphatic carbocycles. The number of thiazole rings is 2. The summed E-state index contributed by atoms with van der Waals surface area (Å²) in [6.07, 6.45) is 3.16. The maximum atomic E-state index is 14.5. The van der Waals surface area contributed by atoms with E-state index in [0.29, 0.717) is 31.8 Å². The Hall–Kier alpha value is -4.68. The second kappa shape index (κ2) is 9.65. The number of azo groups is 2. The first-order valence-electron chi connectivity index (χ1n) is 11.0. The maximum Gasteiger partial charge on any atom is 0.230 e. The number of hydrogen-bond acceptors (Lipinski definition) is 10. The Balaban J connectivity index is 1.22. The van der Waals surface area contributed by atoms with Gasteiger partial charge in [0.1, 0.15) is 11.4 Å². The smallest absolute Gasteiger partial charge is 0.230 e. The lowest BCUT2D eigenvalue weighted by atomic mass is 10.1. The van der Waals surface area contributed by atoms with Crippen LogP contribution in [0.15, 0.2) is 93.5 Å². The van der Waals surface area contributed by atoms with Crippen LogP contribution in [0.25, 0.3) is 31.3 Å². The highest BCUT2D eigenvalue weighted by Gasteiger charge is 2.14. The molecule has 186 valence electrons. The monoisotopic (exact) mass is 544 g/mol. The highest BCUT2D eigenvalue weighted by atomic mass is 32.1. The lowest BCUT2D eigenvalue weighted by Crippen LogP contribution is -1.81. The van der Waals surface area contributed by atoms with Gasteiger partial charge in [-0.1, -0.05) is 71.2 Å². The minimum atomic E-state index is -0.761. The number of phenols is 2. The largest absolute Gasteiger partial charge is 0.503 e. The Morgan fingerprint density at radius 2 is 1.03 bits per heavy atom. The molecule has 0 amide bonds. The quantitative estimate of drug-likeness (QED) is 0.211. The molecular weight excluding hydrogens is 530 g/mol. The predicted molar refractivity (Wildman–Crippen MR) is 143 cm³/mol. The number of aromatic nitrogens is 2. The first-order valence-corrected chi connectivity index (χ1v) is 12.7. The van der Waals surface area contributed by atoms with Crippen molar-refractivity contribution in [2.45, 2.75) is 0 Å². The second-order valence-electron chi connectivity index (χ2n) is 7.97. The molecule has 12 heteroatoms. The van der Waals surface area contributed by atoms with Gasteiger partial charge in [0.25, 0.3) is 0 Å². The number of benzene rings is 4. The van der Waals surface area contributed by atoms with Crippen LogP contribution in [0.1, 0.15) is 0 Å². The van der Waals surface area contributed by atoms with E-state index in [-0.39, 0.29) is 11.4 Å². The topological polar surface area (TPSA) is 116 Å². The van der Waals surface area contributed by atoms with Gasteiger partial charge < -0.3 is 10.2 Å². The fraction of sp³-hybridized carbons (Fsp3) is 0. The van der Waals surface area contributed by atoms with Crippen molar-refractivity contribution < 1.29 is 19.0 Å². The zero-order valence-electron chi connectivity index (χ0n) is 19.1. The fourth-order valence-electron chi connectivity index (χ4n) is 3.75. The van der Waals surface area contributed by atoms with Crippen molar-refractivity contribution in [2.24, 2.45) is 20.5 Å². The van der Waals surface area contributed by atoms with Crippen LogP contribution < -0.4 is 0 Å². The highest BCUT2D eigenvalue weighted by Crippen LogP contribution is 2.40. The number of phenolic OH excluding ortho intramolecular Hbond substituents is 2. The standard InChI is InChI=1S/C26H14F2N6O2S2/c27-21-15-7-3-1-5-13(15)9-17(23(21)35)31-33-25-29-11-19(37-25)20-12-30-26(38-20)34-32-18-10-14-6-2-4-8-16(14)22(28)24(18)36/h1-12,35-36H/b33-31+,34-32+. The molecule has 0 saturated carbocycles. The molecule has 0 radical (unpaired) electrons. The number of halogens is 2. The molecule has 0 unspecified atom stereocenters. The van der Waals surface area contributed by atoms with Gasteiger partial charge in [0.15, 0.2) is 23.1 Å². The van der Waals surface area contributed by atoms with E-state index in [2.05, 4.69) is 30.4 Å². The first kappa shape index (κ1) is 23.7. The van der Waals surface area contributed by atoms with Crippen LogP contribution >= 0.6 is 22.7 Å². The van der Waals surface area contributed by atoms with E-state index in [1.807, 2.05) is 0 Å². The van der Waals surface area contributed by atoms with E-state index in [4.69, 9.17) is 0 Å². The Bertz CT molecular complexity index is 1760. The van der Waals surface area contributed by atoms with E-state index in [1.165, 1.54) is 22.7 Å². The molecular formula is C26H14F2N6O2S2. The van der Waals surface area contributed by atoms with E-state index in [9.17, 15) is 19.0 Å². The zero-order valence-corrected chi connectivity index (χ0v) is 20.7. The van der Waals surface area contributed by atoms with Gasteiger partial charge in [-0.3, -0.25) is 0 Å². The van der Waals surface area contributed by atoms with Gasteiger partial charge in [-0.15, -0.1) is 20.5 Å². The molecule has 2 N–H and O–H groups in total. The summed E-state index contributed by atoms with van der Waals surface area (Å²) in [5, 5.41) is 38.7. The van der Waals surface area contributed by atoms with Crippen LogP contribution in [0, 0.1) is 11.6 Å². The third-order valence-corrected chi connectivity index (χ3v) is 7.56. The number of fused-ring (bicyclic) bond motifs is 2. The van der Waals surface area contributed by atoms with E-state index < -0.39 is 23.1 Å². The molecule has 6 aromatic rings. The molecule has 0 aliphatic heterocycles. The summed E-state index contributed by atoms with van der Waals surface area (Å²) in [5.41, 5.74) is -0.0152. The van der Waals surface area contributed by atoms with Gasteiger partial charge in [-0.2, -0.15) is 0 Å². The Morgan fingerprint density at radius 3 is 1.47 bits per heavy atom. The van der Waals surface area contributed by atoms with Crippen molar-refractivity contribution in [3.05, 3.63) is 84.7 Å². The first-order chi connectivity index (χ1) is 18.5. The molecule has 0 spiro atoms. The summed E-state index contributed by atoms with van der Waals surface area (Å²) in [4.78, 5) is 9.87. The van der Waals surface area contributed by atoms with Crippen molar-refractivity contribution in [3.8, 4) is 21.3 Å². The molecule has 0 bridgehead atoms. The van der Waals surface area contributed by atoms with Crippen LogP contribution in [-0.4, -0.2) is 20.2 Å². The molecule has 0 saturated heterocycles. The summed E-state index contributed by atoms with van der Waals surface area (Å²) >= 11 is 2.43. The molecule has 4 aromatic carbocycles. The summed E-state index contributed by atoms with van der Waals surface area (Å²) < 4.78 is 29.0. The molecule has 0 aliphatic rings. The van der Waals surface area contributed by atoms with Crippen LogP contribution in [0.3, 0.4) is 0 Å². The van der Waals surface area contributed by atoms with Gasteiger partial charge in [-0.05, 0) is 22.9 Å². The van der Waals surface area contributed by atoms with Crippen molar-refractivity contribution in [1.29, 1.82) is 0 Å².